The van der Waals surface area contributed by atoms with Crippen LogP contribution >= 0.6 is 22.6 Å². The van der Waals surface area contributed by atoms with Crippen LogP contribution in [0, 0.1) is 0 Å². The summed E-state index contributed by atoms with van der Waals surface area (Å²) in [5.74, 6) is 0. The Morgan fingerprint density at radius 1 is 0.867 bits per heavy atom. The van der Waals surface area contributed by atoms with Crippen molar-refractivity contribution in [2.75, 3.05) is 0 Å². The van der Waals surface area contributed by atoms with Gasteiger partial charge in [0.05, 0.1) is 0 Å². The smallest absolute Gasteiger partial charge is 0.0406 e. The third kappa shape index (κ3) is 1.49. The molecule has 1 atom stereocenters. The van der Waals surface area contributed by atoms with Crippen molar-refractivity contribution in [3.63, 3.8) is 0 Å². The Hall–Kier alpha value is -0.830. The van der Waals surface area contributed by atoms with Gasteiger partial charge >= 0.3 is 0 Å². The Kier molecular flexibility index (Phi) is 2.28. The summed E-state index contributed by atoms with van der Waals surface area (Å²) in [6, 6.07) is 17.5. The van der Waals surface area contributed by atoms with Crippen LogP contribution in [0.2, 0.25) is 0 Å². The van der Waals surface area contributed by atoms with Gasteiger partial charge in [0, 0.05) is 3.92 Å². The number of hydrogen-bond donors (Lipinski definition) is 0. The second-order valence-corrected chi connectivity index (χ2v) is 5.42. The zero-order valence-corrected chi connectivity index (χ0v) is 10.4. The molecule has 3 rings (SSSR count). The first kappa shape index (κ1) is 9.40. The van der Waals surface area contributed by atoms with Gasteiger partial charge in [0.2, 0.25) is 0 Å². The molecular weight excluding hydrogens is 295 g/mol. The maximum Gasteiger partial charge on any atom is 0.0406 e. The van der Waals surface area contributed by atoms with Crippen LogP contribution in [-0.4, -0.2) is 0 Å². The van der Waals surface area contributed by atoms with Gasteiger partial charge in [-0.1, -0.05) is 71.1 Å². The van der Waals surface area contributed by atoms with Crippen LogP contribution in [0.5, 0.6) is 0 Å². The van der Waals surface area contributed by atoms with Crippen molar-refractivity contribution < 1.29 is 0 Å². The predicted octanol–water partition coefficient (Wildman–Crippen LogP) is 4.39. The Balaban J connectivity index is 2.30. The largest absolute Gasteiger partial charge is 0.0770 e. The van der Waals surface area contributed by atoms with Gasteiger partial charge in [-0.05, 0) is 28.7 Å². The van der Waals surface area contributed by atoms with Crippen LogP contribution in [0.1, 0.15) is 15.1 Å². The fraction of sp³-hybridized carbons (Fsp3) is 0.143. The highest BCUT2D eigenvalue weighted by Gasteiger charge is 2.21. The number of benzene rings is 2. The van der Waals surface area contributed by atoms with E-state index in [0.717, 1.165) is 6.42 Å². The molecule has 0 saturated heterocycles. The van der Waals surface area contributed by atoms with E-state index in [4.69, 9.17) is 0 Å². The first-order chi connectivity index (χ1) is 7.36. The lowest BCUT2D eigenvalue weighted by Gasteiger charge is -2.23. The molecule has 1 heteroatoms. The van der Waals surface area contributed by atoms with Crippen molar-refractivity contribution >= 4 is 22.6 Å². The van der Waals surface area contributed by atoms with Gasteiger partial charge in [0.15, 0.2) is 0 Å². The van der Waals surface area contributed by atoms with Gasteiger partial charge < -0.3 is 0 Å². The Labute approximate surface area is 103 Å². The third-order valence-corrected chi connectivity index (χ3v) is 4.12. The van der Waals surface area contributed by atoms with Crippen molar-refractivity contribution in [2.24, 2.45) is 0 Å². The van der Waals surface area contributed by atoms with Crippen molar-refractivity contribution in [3.8, 4) is 11.1 Å². The zero-order chi connectivity index (χ0) is 10.3. The topological polar surface area (TPSA) is 0 Å². The summed E-state index contributed by atoms with van der Waals surface area (Å²) >= 11 is 2.55. The SMILES string of the molecule is I[C@@H]1Cc2ccccc2-c2ccccc21. The summed E-state index contributed by atoms with van der Waals surface area (Å²) in [5, 5.41) is 0. The van der Waals surface area contributed by atoms with Gasteiger partial charge in [-0.15, -0.1) is 0 Å². The summed E-state index contributed by atoms with van der Waals surface area (Å²) in [7, 11) is 0. The van der Waals surface area contributed by atoms with Crippen LogP contribution in [-0.2, 0) is 6.42 Å². The van der Waals surface area contributed by atoms with E-state index in [9.17, 15) is 0 Å². The molecule has 0 heterocycles. The maximum absolute atomic E-state index is 2.55. The second-order valence-electron chi connectivity index (χ2n) is 3.92. The van der Waals surface area contributed by atoms with Crippen LogP contribution in [0.25, 0.3) is 11.1 Å². The second kappa shape index (κ2) is 3.63. The zero-order valence-electron chi connectivity index (χ0n) is 8.28. The summed E-state index contributed by atoms with van der Waals surface area (Å²) in [4.78, 5) is 0. The number of rotatable bonds is 0. The van der Waals surface area contributed by atoms with Gasteiger partial charge in [-0.25, -0.2) is 0 Å². The molecule has 0 N–H and O–H groups in total. The molecule has 0 spiro atoms. The molecule has 74 valence electrons. The molecule has 0 nitrogen and oxygen atoms in total. The van der Waals surface area contributed by atoms with Crippen LogP contribution in [0.4, 0.5) is 0 Å². The normalized spacial score (nSPS) is 18.1. The first-order valence-electron chi connectivity index (χ1n) is 5.17. The molecule has 1 aliphatic carbocycles. The van der Waals surface area contributed by atoms with E-state index < -0.39 is 0 Å². The Bertz CT molecular complexity index is 502. The molecule has 0 amide bonds. The van der Waals surface area contributed by atoms with E-state index in [1.165, 1.54) is 22.3 Å². The highest BCUT2D eigenvalue weighted by atomic mass is 127. The molecule has 0 unspecified atom stereocenters. The minimum absolute atomic E-state index is 0.619. The number of fused-ring (bicyclic) bond motifs is 3. The fourth-order valence-corrected chi connectivity index (χ4v) is 3.30. The van der Waals surface area contributed by atoms with Crippen molar-refractivity contribution in [3.05, 3.63) is 59.7 Å². The lowest BCUT2D eigenvalue weighted by Crippen LogP contribution is -2.05. The molecule has 0 aliphatic heterocycles. The number of alkyl halides is 1. The minimum Gasteiger partial charge on any atom is -0.0770 e. The van der Waals surface area contributed by atoms with Crippen LogP contribution in [0.15, 0.2) is 48.5 Å². The van der Waals surface area contributed by atoms with E-state index >= 15 is 0 Å². The Morgan fingerprint density at radius 2 is 1.53 bits per heavy atom. The van der Waals surface area contributed by atoms with Crippen molar-refractivity contribution in [1.82, 2.24) is 0 Å². The van der Waals surface area contributed by atoms with Gasteiger partial charge in [0.25, 0.3) is 0 Å². The lowest BCUT2D eigenvalue weighted by atomic mass is 9.86. The van der Waals surface area contributed by atoms with Gasteiger partial charge in [0.1, 0.15) is 0 Å². The lowest BCUT2D eigenvalue weighted by molar-refractivity contribution is 0.948. The van der Waals surface area contributed by atoms with E-state index in [1.54, 1.807) is 0 Å². The summed E-state index contributed by atoms with van der Waals surface area (Å²) in [6.07, 6.45) is 1.16. The molecule has 15 heavy (non-hydrogen) atoms. The minimum atomic E-state index is 0.619. The standard InChI is InChI=1S/C14H11I/c15-14-9-10-5-1-2-6-11(10)12-7-3-4-8-13(12)14/h1-8,14H,9H2/t14-/m1/s1. The third-order valence-electron chi connectivity index (χ3n) is 3.00. The molecular formula is C14H11I. The predicted molar refractivity (Wildman–Crippen MR) is 72.3 cm³/mol. The number of hydrogen-bond acceptors (Lipinski definition) is 0. The van der Waals surface area contributed by atoms with E-state index in [-0.39, 0.29) is 0 Å². The summed E-state index contributed by atoms with van der Waals surface area (Å²) in [6.45, 7) is 0. The monoisotopic (exact) mass is 306 g/mol. The van der Waals surface area contributed by atoms with Crippen molar-refractivity contribution in [1.29, 1.82) is 0 Å². The molecule has 0 saturated carbocycles. The quantitative estimate of drug-likeness (QED) is 0.500. The fourth-order valence-electron chi connectivity index (χ4n) is 2.28. The average Bonchev–Trinajstić information content (AvgIpc) is 2.30. The molecule has 0 fully saturated rings. The van der Waals surface area contributed by atoms with E-state index in [2.05, 4.69) is 71.1 Å². The van der Waals surface area contributed by atoms with Gasteiger partial charge in [-0.3, -0.25) is 0 Å². The van der Waals surface area contributed by atoms with E-state index in [1.807, 2.05) is 0 Å². The summed E-state index contributed by atoms with van der Waals surface area (Å²) < 4.78 is 0.619. The first-order valence-corrected chi connectivity index (χ1v) is 6.42. The highest BCUT2D eigenvalue weighted by Crippen LogP contribution is 2.42. The van der Waals surface area contributed by atoms with Gasteiger partial charge in [-0.2, -0.15) is 0 Å². The summed E-state index contributed by atoms with van der Waals surface area (Å²) in [5.41, 5.74) is 5.80. The molecule has 2 aromatic carbocycles. The van der Waals surface area contributed by atoms with Crippen LogP contribution in [0.3, 0.4) is 0 Å². The molecule has 0 bridgehead atoms. The van der Waals surface area contributed by atoms with E-state index in [0.29, 0.717) is 3.92 Å². The van der Waals surface area contributed by atoms with Crippen LogP contribution < -0.4 is 0 Å². The molecule has 2 aromatic rings. The Morgan fingerprint density at radius 3 is 2.40 bits per heavy atom. The number of halogens is 1. The maximum atomic E-state index is 2.55. The highest BCUT2D eigenvalue weighted by molar-refractivity contribution is 14.1. The molecule has 1 aliphatic rings. The van der Waals surface area contributed by atoms with Crippen molar-refractivity contribution in [2.45, 2.75) is 10.3 Å². The average molecular weight is 306 g/mol. The molecule has 0 aromatic heterocycles. The molecule has 0 radical (unpaired) electrons.